The van der Waals surface area contributed by atoms with Crippen molar-refractivity contribution in [2.24, 2.45) is 0 Å². The summed E-state index contributed by atoms with van der Waals surface area (Å²) in [5.41, 5.74) is 3.12. The molecule has 8 nitrogen and oxygen atoms in total. The quantitative estimate of drug-likeness (QED) is 0.578. The molecule has 1 N–H and O–H groups in total. The Morgan fingerprint density at radius 2 is 2.07 bits per heavy atom. The summed E-state index contributed by atoms with van der Waals surface area (Å²) in [4.78, 5) is 43.9. The minimum atomic E-state index is -0.338. The van der Waals surface area contributed by atoms with E-state index in [2.05, 4.69) is 19.9 Å². The number of carbonyl (C=O) groups is 1. The number of H-pyrrole nitrogens is 1. The SMILES string of the molecule is O=C(Cn1cnc2ccccc2c1=O)N1CCc2[nH]cnc2C1c1cccnc1. The number of rotatable bonds is 3. The summed E-state index contributed by atoms with van der Waals surface area (Å²) in [5, 5.41) is 0.500. The summed E-state index contributed by atoms with van der Waals surface area (Å²) in [5.74, 6) is -0.160. The zero-order chi connectivity index (χ0) is 19.8. The van der Waals surface area contributed by atoms with Crippen molar-refractivity contribution in [3.05, 3.63) is 88.8 Å². The van der Waals surface area contributed by atoms with Crippen LogP contribution in [-0.4, -0.2) is 41.9 Å². The first kappa shape index (κ1) is 17.3. The molecule has 1 aliphatic rings. The minimum Gasteiger partial charge on any atom is -0.348 e. The van der Waals surface area contributed by atoms with Gasteiger partial charge in [-0.25, -0.2) is 9.97 Å². The van der Waals surface area contributed by atoms with Gasteiger partial charge in [-0.3, -0.25) is 19.1 Å². The third-order valence-corrected chi connectivity index (χ3v) is 5.28. The van der Waals surface area contributed by atoms with E-state index in [1.807, 2.05) is 18.2 Å². The van der Waals surface area contributed by atoms with Crippen LogP contribution < -0.4 is 5.56 Å². The van der Waals surface area contributed by atoms with Crippen molar-refractivity contribution in [1.82, 2.24) is 29.4 Å². The second-order valence-corrected chi connectivity index (χ2v) is 6.99. The molecule has 4 heterocycles. The molecule has 0 fully saturated rings. The number of pyridine rings is 1. The molecular weight excluding hydrogens is 368 g/mol. The van der Waals surface area contributed by atoms with E-state index < -0.39 is 0 Å². The van der Waals surface area contributed by atoms with Crippen LogP contribution in [0, 0.1) is 0 Å². The Bertz CT molecular complexity index is 1250. The molecular formula is C21H18N6O2. The van der Waals surface area contributed by atoms with E-state index in [0.717, 1.165) is 17.0 Å². The van der Waals surface area contributed by atoms with Crippen LogP contribution in [0.4, 0.5) is 0 Å². The average Bonchev–Trinajstić information content (AvgIpc) is 3.24. The van der Waals surface area contributed by atoms with Gasteiger partial charge in [0.25, 0.3) is 5.56 Å². The number of imidazole rings is 1. The molecule has 1 aromatic carbocycles. The van der Waals surface area contributed by atoms with E-state index in [0.29, 0.717) is 23.9 Å². The van der Waals surface area contributed by atoms with Crippen molar-refractivity contribution in [1.29, 1.82) is 0 Å². The molecule has 3 aromatic heterocycles. The first-order chi connectivity index (χ1) is 14.2. The summed E-state index contributed by atoms with van der Waals surface area (Å²) in [6.07, 6.45) is 7.22. The van der Waals surface area contributed by atoms with Crippen LogP contribution in [0.1, 0.15) is 23.0 Å². The van der Waals surface area contributed by atoms with Gasteiger partial charge >= 0.3 is 0 Å². The minimum absolute atomic E-state index is 0.0762. The van der Waals surface area contributed by atoms with Crippen molar-refractivity contribution in [3.8, 4) is 0 Å². The molecule has 144 valence electrons. The lowest BCUT2D eigenvalue weighted by molar-refractivity contribution is -0.134. The van der Waals surface area contributed by atoms with Crippen LogP contribution in [0.15, 0.2) is 66.2 Å². The largest absolute Gasteiger partial charge is 0.348 e. The Labute approximate surface area is 165 Å². The Balaban J connectivity index is 1.50. The number of amides is 1. The fourth-order valence-corrected chi connectivity index (χ4v) is 3.88. The standard InChI is InChI=1S/C21H18N6O2/c28-18(11-26-13-25-16-6-2-1-5-15(16)21(26)29)27-9-7-17-19(24-12-23-17)20(27)14-4-3-8-22-10-14/h1-6,8,10,12-13,20H,7,9,11H2,(H,23,24). The summed E-state index contributed by atoms with van der Waals surface area (Å²) in [6, 6.07) is 10.6. The van der Waals surface area contributed by atoms with Crippen LogP contribution in [0.3, 0.4) is 0 Å². The van der Waals surface area contributed by atoms with Gasteiger partial charge in [-0.1, -0.05) is 18.2 Å². The van der Waals surface area contributed by atoms with Gasteiger partial charge in [0, 0.05) is 31.1 Å². The first-order valence-electron chi connectivity index (χ1n) is 9.38. The second-order valence-electron chi connectivity index (χ2n) is 6.99. The van der Waals surface area contributed by atoms with Gasteiger partial charge in [0.05, 0.1) is 29.3 Å². The molecule has 29 heavy (non-hydrogen) atoms. The van der Waals surface area contributed by atoms with E-state index in [1.165, 1.54) is 10.9 Å². The highest BCUT2D eigenvalue weighted by Gasteiger charge is 2.34. The summed E-state index contributed by atoms with van der Waals surface area (Å²) < 4.78 is 1.37. The number of hydrogen-bond donors (Lipinski definition) is 1. The molecule has 4 aromatic rings. The lowest BCUT2D eigenvalue weighted by Crippen LogP contribution is -2.43. The molecule has 0 saturated carbocycles. The van der Waals surface area contributed by atoms with Crippen molar-refractivity contribution in [2.45, 2.75) is 19.0 Å². The molecule has 1 atom stereocenters. The van der Waals surface area contributed by atoms with Crippen molar-refractivity contribution in [3.63, 3.8) is 0 Å². The molecule has 1 aliphatic heterocycles. The normalized spacial score (nSPS) is 16.0. The maximum atomic E-state index is 13.3. The number of para-hydroxylation sites is 1. The average molecular weight is 386 g/mol. The molecule has 8 heteroatoms. The van der Waals surface area contributed by atoms with Crippen LogP contribution >= 0.6 is 0 Å². The van der Waals surface area contributed by atoms with Crippen LogP contribution in [0.25, 0.3) is 10.9 Å². The number of aromatic amines is 1. The number of fused-ring (bicyclic) bond motifs is 2. The molecule has 0 aliphatic carbocycles. The number of hydrogen-bond acceptors (Lipinski definition) is 5. The molecule has 0 bridgehead atoms. The molecule has 1 unspecified atom stereocenters. The lowest BCUT2D eigenvalue weighted by Gasteiger charge is -2.35. The predicted octanol–water partition coefficient (Wildman–Crippen LogP) is 1.69. The van der Waals surface area contributed by atoms with Gasteiger partial charge < -0.3 is 9.88 Å². The van der Waals surface area contributed by atoms with E-state index >= 15 is 0 Å². The molecule has 1 amide bonds. The zero-order valence-electron chi connectivity index (χ0n) is 15.5. The zero-order valence-corrected chi connectivity index (χ0v) is 15.5. The van der Waals surface area contributed by atoms with E-state index in [9.17, 15) is 9.59 Å². The van der Waals surface area contributed by atoms with Crippen molar-refractivity contribution in [2.75, 3.05) is 6.54 Å². The van der Waals surface area contributed by atoms with E-state index in [4.69, 9.17) is 0 Å². The van der Waals surface area contributed by atoms with Gasteiger partial charge in [0.15, 0.2) is 0 Å². The van der Waals surface area contributed by atoms with E-state index in [-0.39, 0.29) is 24.1 Å². The monoisotopic (exact) mass is 386 g/mol. The Morgan fingerprint density at radius 1 is 1.17 bits per heavy atom. The lowest BCUT2D eigenvalue weighted by atomic mass is 9.96. The number of aromatic nitrogens is 5. The van der Waals surface area contributed by atoms with Gasteiger partial charge in [0.2, 0.25) is 5.91 Å². The summed E-state index contributed by atoms with van der Waals surface area (Å²) >= 11 is 0. The number of benzene rings is 1. The molecule has 0 radical (unpaired) electrons. The Kier molecular flexibility index (Phi) is 4.16. The first-order valence-corrected chi connectivity index (χ1v) is 9.38. The smallest absolute Gasteiger partial charge is 0.261 e. The maximum Gasteiger partial charge on any atom is 0.261 e. The summed E-state index contributed by atoms with van der Waals surface area (Å²) in [6.45, 7) is 0.455. The fourth-order valence-electron chi connectivity index (χ4n) is 3.88. The number of nitrogens with zero attached hydrogens (tertiary/aromatic N) is 5. The highest BCUT2D eigenvalue weighted by molar-refractivity contribution is 5.79. The second kappa shape index (κ2) is 6.97. The molecule has 0 spiro atoms. The fraction of sp³-hybridized carbons (Fsp3) is 0.190. The maximum absolute atomic E-state index is 13.3. The topological polar surface area (TPSA) is 96.8 Å². The molecule has 0 saturated heterocycles. The predicted molar refractivity (Wildman–Crippen MR) is 106 cm³/mol. The van der Waals surface area contributed by atoms with Gasteiger partial charge in [-0.15, -0.1) is 0 Å². The van der Waals surface area contributed by atoms with Crippen LogP contribution in [0.2, 0.25) is 0 Å². The highest BCUT2D eigenvalue weighted by Crippen LogP contribution is 2.33. The molecule has 5 rings (SSSR count). The third-order valence-electron chi connectivity index (χ3n) is 5.28. The van der Waals surface area contributed by atoms with Gasteiger partial charge in [0.1, 0.15) is 12.6 Å². The van der Waals surface area contributed by atoms with Crippen molar-refractivity contribution < 1.29 is 4.79 Å². The number of carbonyl (C=O) groups excluding carboxylic acids is 1. The van der Waals surface area contributed by atoms with Crippen LogP contribution in [0.5, 0.6) is 0 Å². The van der Waals surface area contributed by atoms with Crippen LogP contribution in [-0.2, 0) is 17.8 Å². The highest BCUT2D eigenvalue weighted by atomic mass is 16.2. The number of nitrogens with one attached hydrogen (secondary N) is 1. The van der Waals surface area contributed by atoms with Gasteiger partial charge in [-0.05, 0) is 23.8 Å². The Morgan fingerprint density at radius 3 is 2.93 bits per heavy atom. The van der Waals surface area contributed by atoms with Gasteiger partial charge in [-0.2, -0.15) is 0 Å². The van der Waals surface area contributed by atoms with Crippen molar-refractivity contribution >= 4 is 16.8 Å². The third kappa shape index (κ3) is 2.98. The summed E-state index contributed by atoms with van der Waals surface area (Å²) in [7, 11) is 0. The Hall–Kier alpha value is -3.81. The van der Waals surface area contributed by atoms with E-state index in [1.54, 1.807) is 41.8 Å².